The van der Waals surface area contributed by atoms with Crippen LogP contribution < -0.4 is 0 Å². The van der Waals surface area contributed by atoms with Gasteiger partial charge in [-0.05, 0) is 14.1 Å². The molecule has 5 nitrogen and oxygen atoms in total. The van der Waals surface area contributed by atoms with Crippen LogP contribution in [0.15, 0.2) is 0 Å². The fourth-order valence-electron chi connectivity index (χ4n) is 0.863. The SMILES string of the molecule is CN(C)COB1OCCOCCO1. The van der Waals surface area contributed by atoms with Gasteiger partial charge in [0, 0.05) is 0 Å². The molecule has 0 spiro atoms. The number of nitrogens with zero attached hydrogens (tertiary/aromatic N) is 1. The highest BCUT2D eigenvalue weighted by atomic mass is 16.7. The van der Waals surface area contributed by atoms with Crippen molar-refractivity contribution in [2.24, 2.45) is 0 Å². The van der Waals surface area contributed by atoms with E-state index in [0.717, 1.165) is 0 Å². The molecule has 0 aliphatic carbocycles. The van der Waals surface area contributed by atoms with Gasteiger partial charge in [-0.3, -0.25) is 4.90 Å². The monoisotopic (exact) mass is 189 g/mol. The fourth-order valence-corrected chi connectivity index (χ4v) is 0.863. The summed E-state index contributed by atoms with van der Waals surface area (Å²) in [5.41, 5.74) is 0. The summed E-state index contributed by atoms with van der Waals surface area (Å²) in [6.45, 7) is 2.72. The first kappa shape index (κ1) is 10.9. The van der Waals surface area contributed by atoms with Gasteiger partial charge in [0.05, 0.1) is 33.2 Å². The molecule has 1 aliphatic rings. The van der Waals surface area contributed by atoms with Gasteiger partial charge < -0.3 is 18.7 Å². The first-order chi connectivity index (χ1) is 6.29. The van der Waals surface area contributed by atoms with Crippen molar-refractivity contribution in [2.45, 2.75) is 0 Å². The Hall–Kier alpha value is -0.135. The van der Waals surface area contributed by atoms with Gasteiger partial charge in [0.2, 0.25) is 0 Å². The van der Waals surface area contributed by atoms with Crippen molar-refractivity contribution in [2.75, 3.05) is 47.3 Å². The third-order valence-electron chi connectivity index (χ3n) is 1.43. The molecule has 1 heterocycles. The Balaban J connectivity index is 2.14. The van der Waals surface area contributed by atoms with Crippen molar-refractivity contribution in [3.63, 3.8) is 0 Å². The van der Waals surface area contributed by atoms with Crippen LogP contribution in [0, 0.1) is 0 Å². The molecular formula is C7H16BNO4. The second-order valence-corrected chi connectivity index (χ2v) is 3.02. The van der Waals surface area contributed by atoms with Crippen LogP contribution in [0.5, 0.6) is 0 Å². The molecule has 0 aromatic rings. The van der Waals surface area contributed by atoms with Crippen LogP contribution in [-0.2, 0) is 18.7 Å². The minimum Gasteiger partial charge on any atom is -0.383 e. The van der Waals surface area contributed by atoms with Gasteiger partial charge in [0.1, 0.15) is 0 Å². The number of hydrogen-bond donors (Lipinski definition) is 0. The maximum atomic E-state index is 5.31. The zero-order chi connectivity index (χ0) is 9.52. The molecular weight excluding hydrogens is 173 g/mol. The van der Waals surface area contributed by atoms with Crippen molar-refractivity contribution in [1.82, 2.24) is 4.90 Å². The van der Waals surface area contributed by atoms with E-state index >= 15 is 0 Å². The topological polar surface area (TPSA) is 40.2 Å². The lowest BCUT2D eigenvalue weighted by molar-refractivity contribution is -0.00816. The quantitative estimate of drug-likeness (QED) is 0.445. The van der Waals surface area contributed by atoms with E-state index in [9.17, 15) is 0 Å². The highest BCUT2D eigenvalue weighted by Gasteiger charge is 2.22. The molecule has 76 valence electrons. The zero-order valence-corrected chi connectivity index (χ0v) is 8.19. The maximum Gasteiger partial charge on any atom is 0.640 e. The van der Waals surface area contributed by atoms with E-state index in [-0.39, 0.29) is 0 Å². The summed E-state index contributed by atoms with van der Waals surface area (Å²) in [7, 11) is 3.30. The smallest absolute Gasteiger partial charge is 0.383 e. The van der Waals surface area contributed by atoms with E-state index in [1.807, 2.05) is 19.0 Å². The highest BCUT2D eigenvalue weighted by molar-refractivity contribution is 6.36. The predicted octanol–water partition coefficient (Wildman–Crippen LogP) is -0.430. The van der Waals surface area contributed by atoms with E-state index in [4.69, 9.17) is 18.7 Å². The third-order valence-corrected chi connectivity index (χ3v) is 1.43. The van der Waals surface area contributed by atoms with Crippen molar-refractivity contribution < 1.29 is 18.7 Å². The van der Waals surface area contributed by atoms with Gasteiger partial charge in [0.15, 0.2) is 0 Å². The lowest BCUT2D eigenvalue weighted by atomic mass is 10.2. The summed E-state index contributed by atoms with van der Waals surface area (Å²) >= 11 is 0. The van der Waals surface area contributed by atoms with E-state index in [2.05, 4.69) is 0 Å². The van der Waals surface area contributed by atoms with Crippen molar-refractivity contribution in [3.05, 3.63) is 0 Å². The molecule has 0 saturated carbocycles. The highest BCUT2D eigenvalue weighted by Crippen LogP contribution is 1.97. The Bertz CT molecular complexity index is 128. The summed E-state index contributed by atoms with van der Waals surface area (Å²) in [5, 5.41) is 0. The average molecular weight is 189 g/mol. The molecule has 0 bridgehead atoms. The van der Waals surface area contributed by atoms with E-state index < -0.39 is 7.32 Å². The first-order valence-electron chi connectivity index (χ1n) is 4.36. The summed E-state index contributed by atoms with van der Waals surface area (Å²) in [6, 6.07) is 0. The van der Waals surface area contributed by atoms with Crippen LogP contribution in [0.2, 0.25) is 0 Å². The fraction of sp³-hybridized carbons (Fsp3) is 1.00. The maximum absolute atomic E-state index is 5.31. The molecule has 0 amide bonds. The van der Waals surface area contributed by atoms with Gasteiger partial charge in [-0.2, -0.15) is 0 Å². The van der Waals surface area contributed by atoms with Gasteiger partial charge in [-0.15, -0.1) is 0 Å². The number of hydrogen-bond acceptors (Lipinski definition) is 5. The average Bonchev–Trinajstić information content (AvgIpc) is 2.01. The van der Waals surface area contributed by atoms with Gasteiger partial charge in [-0.25, -0.2) is 0 Å². The van der Waals surface area contributed by atoms with Crippen LogP contribution in [0.4, 0.5) is 0 Å². The molecule has 0 aromatic heterocycles. The Morgan fingerprint density at radius 3 is 2.31 bits per heavy atom. The first-order valence-corrected chi connectivity index (χ1v) is 4.36. The molecule has 13 heavy (non-hydrogen) atoms. The van der Waals surface area contributed by atoms with Gasteiger partial charge in [-0.1, -0.05) is 0 Å². The molecule has 0 atom stereocenters. The van der Waals surface area contributed by atoms with Crippen molar-refractivity contribution >= 4 is 7.32 Å². The molecule has 1 saturated heterocycles. The van der Waals surface area contributed by atoms with Crippen LogP contribution in [0.3, 0.4) is 0 Å². The Morgan fingerprint density at radius 2 is 1.77 bits per heavy atom. The normalized spacial score (nSPS) is 20.1. The second kappa shape index (κ2) is 6.34. The van der Waals surface area contributed by atoms with Crippen LogP contribution >= 0.6 is 0 Å². The van der Waals surface area contributed by atoms with E-state index in [0.29, 0.717) is 33.2 Å². The molecule has 1 aliphatic heterocycles. The van der Waals surface area contributed by atoms with Crippen LogP contribution in [0.1, 0.15) is 0 Å². The van der Waals surface area contributed by atoms with E-state index in [1.165, 1.54) is 0 Å². The van der Waals surface area contributed by atoms with Crippen LogP contribution in [-0.4, -0.2) is 59.5 Å². The summed E-state index contributed by atoms with van der Waals surface area (Å²) in [5.74, 6) is 0. The molecule has 1 fully saturated rings. The Morgan fingerprint density at radius 1 is 1.15 bits per heavy atom. The van der Waals surface area contributed by atoms with E-state index in [1.54, 1.807) is 0 Å². The van der Waals surface area contributed by atoms with Gasteiger partial charge in [0.25, 0.3) is 0 Å². The second-order valence-electron chi connectivity index (χ2n) is 3.02. The minimum absolute atomic E-state index is 0.492. The molecule has 1 rings (SSSR count). The standard InChI is InChI=1S/C7H16BNO4/c1-9(2)7-13-8-11-5-3-10-4-6-12-8/h3-7H2,1-2H3. The summed E-state index contributed by atoms with van der Waals surface area (Å²) in [4.78, 5) is 1.90. The van der Waals surface area contributed by atoms with Gasteiger partial charge >= 0.3 is 7.32 Å². The predicted molar refractivity (Wildman–Crippen MR) is 48.1 cm³/mol. The number of rotatable bonds is 3. The molecule has 0 radical (unpaired) electrons. The third kappa shape index (κ3) is 5.23. The molecule has 0 aromatic carbocycles. The molecule has 0 unspecified atom stereocenters. The summed E-state index contributed by atoms with van der Waals surface area (Å²) < 4.78 is 20.9. The number of ether oxygens (including phenoxy) is 1. The van der Waals surface area contributed by atoms with Crippen LogP contribution in [0.25, 0.3) is 0 Å². The molecule has 0 N–H and O–H groups in total. The lowest BCUT2D eigenvalue weighted by Gasteiger charge is -2.19. The van der Waals surface area contributed by atoms with Crippen molar-refractivity contribution in [3.8, 4) is 0 Å². The zero-order valence-electron chi connectivity index (χ0n) is 8.19. The Labute approximate surface area is 79.1 Å². The lowest BCUT2D eigenvalue weighted by Crippen LogP contribution is -2.35. The summed E-state index contributed by atoms with van der Waals surface area (Å²) in [6.07, 6.45) is 0. The minimum atomic E-state index is -0.550. The van der Waals surface area contributed by atoms with Crippen molar-refractivity contribution in [1.29, 1.82) is 0 Å². The molecule has 6 heteroatoms. The Kier molecular flexibility index (Phi) is 5.34. The largest absolute Gasteiger partial charge is 0.640 e.